The third kappa shape index (κ3) is 4.07. The number of rotatable bonds is 6. The van der Waals surface area contributed by atoms with Gasteiger partial charge in [-0.15, -0.1) is 21.8 Å². The molecule has 0 spiro atoms. The molecule has 1 aromatic heterocycles. The van der Waals surface area contributed by atoms with Crippen molar-refractivity contribution < 1.29 is 8.42 Å². The lowest BCUT2D eigenvalue weighted by Crippen LogP contribution is -2.30. The topological polar surface area (TPSA) is 76.9 Å². The molecule has 0 bridgehead atoms. The van der Waals surface area contributed by atoms with Crippen molar-refractivity contribution in [2.75, 3.05) is 11.6 Å². The van der Waals surface area contributed by atoms with Crippen LogP contribution < -0.4 is 4.72 Å². The van der Waals surface area contributed by atoms with Gasteiger partial charge in [-0.25, -0.2) is 13.1 Å². The minimum absolute atomic E-state index is 0.0222. The first-order valence-electron chi connectivity index (χ1n) is 4.81. The molecule has 0 fully saturated rings. The standard InChI is InChI=1S/C8H15ClN4O2S/c1-7(3-9)5-16(14,15)11-4-8-12-10-6-13(8)2/h6-7,11H,3-5H2,1-2H3. The first-order valence-corrected chi connectivity index (χ1v) is 6.99. The van der Waals surface area contributed by atoms with Crippen LogP contribution in [-0.4, -0.2) is 34.8 Å². The van der Waals surface area contributed by atoms with Gasteiger partial charge in [0.25, 0.3) is 0 Å². The van der Waals surface area contributed by atoms with Crippen LogP contribution in [0.15, 0.2) is 6.33 Å². The summed E-state index contributed by atoms with van der Waals surface area (Å²) in [5.41, 5.74) is 0. The molecule has 1 atom stereocenters. The Bertz CT molecular complexity index is 431. The fourth-order valence-corrected chi connectivity index (χ4v) is 2.69. The Morgan fingerprint density at radius 3 is 2.81 bits per heavy atom. The third-order valence-corrected chi connectivity index (χ3v) is 4.14. The van der Waals surface area contributed by atoms with Gasteiger partial charge >= 0.3 is 0 Å². The van der Waals surface area contributed by atoms with Crippen LogP contribution in [0.2, 0.25) is 0 Å². The zero-order chi connectivity index (χ0) is 12.2. The maximum Gasteiger partial charge on any atom is 0.212 e. The van der Waals surface area contributed by atoms with Gasteiger partial charge in [-0.3, -0.25) is 0 Å². The van der Waals surface area contributed by atoms with Crippen LogP contribution in [0.3, 0.4) is 0 Å². The van der Waals surface area contributed by atoms with Gasteiger partial charge in [0.05, 0.1) is 12.3 Å². The van der Waals surface area contributed by atoms with Gasteiger partial charge in [-0.1, -0.05) is 6.92 Å². The van der Waals surface area contributed by atoms with Gasteiger partial charge in [0.2, 0.25) is 10.0 Å². The molecule has 1 unspecified atom stereocenters. The monoisotopic (exact) mass is 266 g/mol. The number of hydrogen-bond acceptors (Lipinski definition) is 4. The van der Waals surface area contributed by atoms with E-state index in [2.05, 4.69) is 14.9 Å². The maximum absolute atomic E-state index is 11.6. The predicted molar refractivity (Wildman–Crippen MR) is 61.5 cm³/mol. The number of sulfonamides is 1. The molecular weight excluding hydrogens is 252 g/mol. The molecule has 0 saturated carbocycles. The van der Waals surface area contributed by atoms with Crippen molar-refractivity contribution in [1.82, 2.24) is 19.5 Å². The average molecular weight is 267 g/mol. The molecule has 0 radical (unpaired) electrons. The second-order valence-corrected chi connectivity index (χ2v) is 5.88. The molecule has 0 aromatic carbocycles. The lowest BCUT2D eigenvalue weighted by Gasteiger charge is -2.09. The Labute approximate surface area is 100 Å². The number of alkyl halides is 1. The van der Waals surface area contributed by atoms with Gasteiger partial charge in [0.1, 0.15) is 12.2 Å². The van der Waals surface area contributed by atoms with Gasteiger partial charge in [-0.2, -0.15) is 0 Å². The van der Waals surface area contributed by atoms with E-state index in [9.17, 15) is 8.42 Å². The van der Waals surface area contributed by atoms with Crippen molar-refractivity contribution in [3.63, 3.8) is 0 Å². The number of hydrogen-bond donors (Lipinski definition) is 1. The molecule has 16 heavy (non-hydrogen) atoms. The van der Waals surface area contributed by atoms with Crippen LogP contribution in [0.5, 0.6) is 0 Å². The van der Waals surface area contributed by atoms with Crippen LogP contribution in [0, 0.1) is 5.92 Å². The van der Waals surface area contributed by atoms with Crippen molar-refractivity contribution in [3.05, 3.63) is 12.2 Å². The molecular formula is C8H15ClN4O2S. The Hall–Kier alpha value is -0.660. The molecule has 1 aromatic rings. The average Bonchev–Trinajstić information content (AvgIpc) is 2.60. The van der Waals surface area contributed by atoms with Crippen molar-refractivity contribution >= 4 is 21.6 Å². The molecule has 0 saturated heterocycles. The minimum Gasteiger partial charge on any atom is -0.320 e. The Kier molecular flexibility index (Phi) is 4.69. The highest BCUT2D eigenvalue weighted by Crippen LogP contribution is 2.02. The van der Waals surface area contributed by atoms with E-state index < -0.39 is 10.0 Å². The summed E-state index contributed by atoms with van der Waals surface area (Å²) < 4.78 is 27.3. The van der Waals surface area contributed by atoms with Crippen molar-refractivity contribution in [3.8, 4) is 0 Å². The van der Waals surface area contributed by atoms with E-state index in [0.717, 1.165) is 0 Å². The summed E-state index contributed by atoms with van der Waals surface area (Å²) in [7, 11) is -1.55. The van der Waals surface area contributed by atoms with E-state index in [-0.39, 0.29) is 18.2 Å². The second kappa shape index (κ2) is 5.60. The molecule has 0 aliphatic heterocycles. The van der Waals surface area contributed by atoms with E-state index in [4.69, 9.17) is 11.6 Å². The van der Waals surface area contributed by atoms with Gasteiger partial charge in [-0.05, 0) is 5.92 Å². The number of halogens is 1. The summed E-state index contributed by atoms with van der Waals surface area (Å²) in [6, 6.07) is 0. The van der Waals surface area contributed by atoms with Crippen LogP contribution >= 0.6 is 11.6 Å². The summed E-state index contributed by atoms with van der Waals surface area (Å²) >= 11 is 5.56. The fourth-order valence-electron chi connectivity index (χ4n) is 1.12. The SMILES string of the molecule is CC(CCl)CS(=O)(=O)NCc1nncn1C. The van der Waals surface area contributed by atoms with Gasteiger partial charge < -0.3 is 4.57 Å². The van der Waals surface area contributed by atoms with Crippen molar-refractivity contribution in [1.29, 1.82) is 0 Å². The zero-order valence-corrected chi connectivity index (χ0v) is 10.8. The first-order chi connectivity index (χ1) is 7.44. The quantitative estimate of drug-likeness (QED) is 0.742. The summed E-state index contributed by atoms with van der Waals surface area (Å²) in [5, 5.41) is 7.43. The number of nitrogens with one attached hydrogen (secondary N) is 1. The molecule has 1 N–H and O–H groups in total. The largest absolute Gasteiger partial charge is 0.320 e. The number of aryl methyl sites for hydroxylation is 1. The van der Waals surface area contributed by atoms with E-state index in [1.807, 2.05) is 0 Å². The Morgan fingerprint density at radius 1 is 1.62 bits per heavy atom. The van der Waals surface area contributed by atoms with E-state index in [0.29, 0.717) is 11.7 Å². The zero-order valence-electron chi connectivity index (χ0n) is 9.22. The van der Waals surface area contributed by atoms with Gasteiger partial charge in [0.15, 0.2) is 0 Å². The van der Waals surface area contributed by atoms with Crippen LogP contribution in [0.4, 0.5) is 0 Å². The summed E-state index contributed by atoms with van der Waals surface area (Å²) in [5.74, 6) is 0.847. The molecule has 92 valence electrons. The normalized spacial score (nSPS) is 13.9. The highest BCUT2D eigenvalue weighted by Gasteiger charge is 2.15. The maximum atomic E-state index is 11.6. The lowest BCUT2D eigenvalue weighted by atomic mass is 10.3. The molecule has 8 heteroatoms. The minimum atomic E-state index is -3.30. The second-order valence-electron chi connectivity index (χ2n) is 3.72. The van der Waals surface area contributed by atoms with E-state index >= 15 is 0 Å². The molecule has 0 aliphatic rings. The number of nitrogens with zero attached hydrogens (tertiary/aromatic N) is 3. The molecule has 0 aliphatic carbocycles. The molecule has 0 amide bonds. The smallest absolute Gasteiger partial charge is 0.212 e. The lowest BCUT2D eigenvalue weighted by molar-refractivity contribution is 0.565. The Balaban J connectivity index is 2.52. The van der Waals surface area contributed by atoms with Gasteiger partial charge in [0, 0.05) is 12.9 Å². The summed E-state index contributed by atoms with van der Waals surface area (Å²) in [6.45, 7) is 1.93. The molecule has 1 heterocycles. The van der Waals surface area contributed by atoms with Crippen LogP contribution in [-0.2, 0) is 23.6 Å². The third-order valence-electron chi connectivity index (χ3n) is 2.02. The number of aromatic nitrogens is 3. The van der Waals surface area contributed by atoms with Crippen molar-refractivity contribution in [2.24, 2.45) is 13.0 Å². The fraction of sp³-hybridized carbons (Fsp3) is 0.750. The summed E-state index contributed by atoms with van der Waals surface area (Å²) in [4.78, 5) is 0. The van der Waals surface area contributed by atoms with E-state index in [1.165, 1.54) is 6.33 Å². The highest BCUT2D eigenvalue weighted by atomic mass is 35.5. The molecule has 6 nitrogen and oxygen atoms in total. The molecule has 1 rings (SSSR count). The highest BCUT2D eigenvalue weighted by molar-refractivity contribution is 7.89. The first kappa shape index (κ1) is 13.4. The summed E-state index contributed by atoms with van der Waals surface area (Å²) in [6.07, 6.45) is 1.52. The van der Waals surface area contributed by atoms with E-state index in [1.54, 1.807) is 18.5 Å². The van der Waals surface area contributed by atoms with Crippen LogP contribution in [0.1, 0.15) is 12.7 Å². The predicted octanol–water partition coefficient (Wildman–Crippen LogP) is 0.109. The Morgan fingerprint density at radius 2 is 2.31 bits per heavy atom. The van der Waals surface area contributed by atoms with Crippen molar-refractivity contribution in [2.45, 2.75) is 13.5 Å². The van der Waals surface area contributed by atoms with Crippen LogP contribution in [0.25, 0.3) is 0 Å².